The average Bonchev–Trinajstić information content (AvgIpc) is 2.67. The standard InChI is InChI=1S/C10H19NO/c1-8(2)10(6-12-7-10)5-11-9-3-4-9/h8-9,11H,3-7H2,1-2H3. The van der Waals surface area contributed by atoms with Crippen molar-refractivity contribution in [3.63, 3.8) is 0 Å². The predicted molar refractivity (Wildman–Crippen MR) is 49.1 cm³/mol. The van der Waals surface area contributed by atoms with Gasteiger partial charge in [-0.1, -0.05) is 13.8 Å². The third kappa shape index (κ3) is 1.50. The molecule has 0 unspecified atom stereocenters. The maximum absolute atomic E-state index is 5.31. The Morgan fingerprint density at radius 3 is 2.42 bits per heavy atom. The molecule has 2 nitrogen and oxygen atoms in total. The maximum Gasteiger partial charge on any atom is 0.0559 e. The zero-order valence-corrected chi connectivity index (χ0v) is 8.10. The second kappa shape index (κ2) is 3.00. The van der Waals surface area contributed by atoms with Crippen LogP contribution in [0.1, 0.15) is 26.7 Å². The Hall–Kier alpha value is -0.0800. The molecule has 2 heteroatoms. The second-order valence-corrected chi connectivity index (χ2v) is 4.67. The number of hydrogen-bond acceptors (Lipinski definition) is 2. The van der Waals surface area contributed by atoms with Gasteiger partial charge in [0.1, 0.15) is 0 Å². The third-order valence-electron chi connectivity index (χ3n) is 3.32. The van der Waals surface area contributed by atoms with E-state index in [4.69, 9.17) is 4.74 Å². The normalized spacial score (nSPS) is 27.2. The first kappa shape index (κ1) is 8.52. The summed E-state index contributed by atoms with van der Waals surface area (Å²) in [5.41, 5.74) is 0.461. The van der Waals surface area contributed by atoms with Gasteiger partial charge < -0.3 is 10.1 Å². The van der Waals surface area contributed by atoms with Gasteiger partial charge in [0, 0.05) is 18.0 Å². The lowest BCUT2D eigenvalue weighted by atomic mass is 9.75. The lowest BCUT2D eigenvalue weighted by molar-refractivity contribution is -0.136. The molecule has 1 saturated carbocycles. The molecule has 0 amide bonds. The molecule has 2 rings (SSSR count). The van der Waals surface area contributed by atoms with Crippen LogP contribution in [0.2, 0.25) is 0 Å². The van der Waals surface area contributed by atoms with Crippen molar-refractivity contribution in [2.24, 2.45) is 11.3 Å². The molecule has 1 heterocycles. The van der Waals surface area contributed by atoms with Gasteiger partial charge in [-0.2, -0.15) is 0 Å². The Morgan fingerprint density at radius 2 is 2.08 bits per heavy atom. The molecule has 1 N–H and O–H groups in total. The number of nitrogens with one attached hydrogen (secondary N) is 1. The highest BCUT2D eigenvalue weighted by molar-refractivity contribution is 4.93. The van der Waals surface area contributed by atoms with Crippen LogP contribution < -0.4 is 5.32 Å². The quantitative estimate of drug-likeness (QED) is 0.687. The van der Waals surface area contributed by atoms with Crippen LogP contribution in [0.25, 0.3) is 0 Å². The fraction of sp³-hybridized carbons (Fsp3) is 1.00. The van der Waals surface area contributed by atoms with Crippen LogP contribution in [0.15, 0.2) is 0 Å². The van der Waals surface area contributed by atoms with Crippen molar-refractivity contribution in [3.05, 3.63) is 0 Å². The largest absolute Gasteiger partial charge is 0.380 e. The van der Waals surface area contributed by atoms with Crippen molar-refractivity contribution in [2.45, 2.75) is 32.7 Å². The van der Waals surface area contributed by atoms with Crippen LogP contribution in [0, 0.1) is 11.3 Å². The monoisotopic (exact) mass is 169 g/mol. The molecule has 12 heavy (non-hydrogen) atoms. The molecule has 2 fully saturated rings. The summed E-state index contributed by atoms with van der Waals surface area (Å²) in [7, 11) is 0. The second-order valence-electron chi connectivity index (χ2n) is 4.67. The van der Waals surface area contributed by atoms with Gasteiger partial charge in [0.15, 0.2) is 0 Å². The zero-order valence-electron chi connectivity index (χ0n) is 8.10. The van der Waals surface area contributed by atoms with Crippen molar-refractivity contribution < 1.29 is 4.74 Å². The molecule has 0 aromatic heterocycles. The van der Waals surface area contributed by atoms with Gasteiger partial charge >= 0.3 is 0 Å². The van der Waals surface area contributed by atoms with Crippen LogP contribution in [0.4, 0.5) is 0 Å². The molecule has 0 atom stereocenters. The van der Waals surface area contributed by atoms with Crippen LogP contribution >= 0.6 is 0 Å². The Morgan fingerprint density at radius 1 is 1.42 bits per heavy atom. The summed E-state index contributed by atoms with van der Waals surface area (Å²) in [4.78, 5) is 0. The summed E-state index contributed by atoms with van der Waals surface area (Å²) >= 11 is 0. The Labute approximate surface area is 74.7 Å². The van der Waals surface area contributed by atoms with E-state index in [1.165, 1.54) is 12.8 Å². The molecule has 70 valence electrons. The average molecular weight is 169 g/mol. The van der Waals surface area contributed by atoms with Crippen LogP contribution in [0.5, 0.6) is 0 Å². The third-order valence-corrected chi connectivity index (χ3v) is 3.32. The van der Waals surface area contributed by atoms with Crippen molar-refractivity contribution in [1.29, 1.82) is 0 Å². The minimum absolute atomic E-state index is 0.461. The molecule has 0 bridgehead atoms. The van der Waals surface area contributed by atoms with Crippen molar-refractivity contribution in [2.75, 3.05) is 19.8 Å². The maximum atomic E-state index is 5.31. The first-order chi connectivity index (χ1) is 5.73. The van der Waals surface area contributed by atoms with Gasteiger partial charge in [0.2, 0.25) is 0 Å². The highest BCUT2D eigenvalue weighted by Gasteiger charge is 2.42. The Balaban J connectivity index is 1.80. The van der Waals surface area contributed by atoms with Gasteiger partial charge in [-0.25, -0.2) is 0 Å². The van der Waals surface area contributed by atoms with E-state index in [9.17, 15) is 0 Å². The summed E-state index contributed by atoms with van der Waals surface area (Å²) in [6.07, 6.45) is 2.77. The molecule has 0 spiro atoms. The van der Waals surface area contributed by atoms with Crippen LogP contribution in [-0.2, 0) is 4.74 Å². The van der Waals surface area contributed by atoms with E-state index in [2.05, 4.69) is 19.2 Å². The minimum atomic E-state index is 0.461. The van der Waals surface area contributed by atoms with E-state index < -0.39 is 0 Å². The topological polar surface area (TPSA) is 21.3 Å². The fourth-order valence-corrected chi connectivity index (χ4v) is 1.64. The van der Waals surface area contributed by atoms with Gasteiger partial charge in [-0.05, 0) is 18.8 Å². The predicted octanol–water partition coefficient (Wildman–Crippen LogP) is 1.41. The van der Waals surface area contributed by atoms with E-state index in [1.54, 1.807) is 0 Å². The summed E-state index contributed by atoms with van der Waals surface area (Å²) < 4.78 is 5.31. The lowest BCUT2D eigenvalue weighted by Gasteiger charge is -2.45. The molecule has 0 radical (unpaired) electrons. The minimum Gasteiger partial charge on any atom is -0.380 e. The van der Waals surface area contributed by atoms with Crippen molar-refractivity contribution >= 4 is 0 Å². The van der Waals surface area contributed by atoms with Gasteiger partial charge in [-0.15, -0.1) is 0 Å². The first-order valence-corrected chi connectivity index (χ1v) is 5.04. The number of hydrogen-bond donors (Lipinski definition) is 1. The SMILES string of the molecule is CC(C)C1(CNC2CC2)COC1. The van der Waals surface area contributed by atoms with Gasteiger partial charge in [0.25, 0.3) is 0 Å². The van der Waals surface area contributed by atoms with Gasteiger partial charge in [0.05, 0.1) is 13.2 Å². The first-order valence-electron chi connectivity index (χ1n) is 5.04. The van der Waals surface area contributed by atoms with E-state index in [0.29, 0.717) is 5.41 Å². The van der Waals surface area contributed by atoms with E-state index in [-0.39, 0.29) is 0 Å². The van der Waals surface area contributed by atoms with E-state index in [0.717, 1.165) is 31.7 Å². The van der Waals surface area contributed by atoms with E-state index >= 15 is 0 Å². The molecule has 0 aromatic carbocycles. The van der Waals surface area contributed by atoms with Gasteiger partial charge in [-0.3, -0.25) is 0 Å². The molecular formula is C10H19NO. The van der Waals surface area contributed by atoms with E-state index in [1.807, 2.05) is 0 Å². The van der Waals surface area contributed by atoms with Crippen molar-refractivity contribution in [3.8, 4) is 0 Å². The van der Waals surface area contributed by atoms with Crippen LogP contribution in [-0.4, -0.2) is 25.8 Å². The zero-order chi connectivity index (χ0) is 8.60. The van der Waals surface area contributed by atoms with Crippen molar-refractivity contribution in [1.82, 2.24) is 5.32 Å². The smallest absolute Gasteiger partial charge is 0.0559 e. The molecule has 0 aromatic rings. The summed E-state index contributed by atoms with van der Waals surface area (Å²) in [6.45, 7) is 7.69. The number of ether oxygens (including phenoxy) is 1. The molecular weight excluding hydrogens is 150 g/mol. The lowest BCUT2D eigenvalue weighted by Crippen LogP contribution is -2.53. The highest BCUT2D eigenvalue weighted by Crippen LogP contribution is 2.35. The Bertz CT molecular complexity index is 159. The number of rotatable bonds is 4. The summed E-state index contributed by atoms with van der Waals surface area (Å²) in [5, 5.41) is 3.60. The fourth-order valence-electron chi connectivity index (χ4n) is 1.64. The molecule has 1 aliphatic heterocycles. The highest BCUT2D eigenvalue weighted by atomic mass is 16.5. The molecule has 1 saturated heterocycles. The summed E-state index contributed by atoms with van der Waals surface area (Å²) in [6, 6.07) is 0.834. The summed E-state index contributed by atoms with van der Waals surface area (Å²) in [5.74, 6) is 0.748. The Kier molecular flexibility index (Phi) is 2.13. The molecule has 2 aliphatic rings. The van der Waals surface area contributed by atoms with Crippen LogP contribution in [0.3, 0.4) is 0 Å². The molecule has 1 aliphatic carbocycles.